The lowest BCUT2D eigenvalue weighted by molar-refractivity contribution is -0.116. The van der Waals surface area contributed by atoms with Crippen LogP contribution in [0.4, 0.5) is 5.69 Å². The average molecular weight is 409 g/mol. The Morgan fingerprint density at radius 3 is 2.37 bits per heavy atom. The van der Waals surface area contributed by atoms with Crippen LogP contribution in [0.5, 0.6) is 5.75 Å². The van der Waals surface area contributed by atoms with Crippen molar-refractivity contribution >= 4 is 22.7 Å². The summed E-state index contributed by atoms with van der Waals surface area (Å²) in [4.78, 5) is 16.6. The summed E-state index contributed by atoms with van der Waals surface area (Å²) < 4.78 is 5.71. The van der Waals surface area contributed by atoms with Gasteiger partial charge in [0.05, 0.1) is 5.56 Å². The van der Waals surface area contributed by atoms with Crippen molar-refractivity contribution in [2.24, 2.45) is 0 Å². The monoisotopic (exact) mass is 408 g/mol. The Hall–Kier alpha value is -2.82. The number of aromatic hydroxyl groups is 1. The van der Waals surface area contributed by atoms with Gasteiger partial charge in [-0.3, -0.25) is 4.79 Å². The van der Waals surface area contributed by atoms with E-state index in [9.17, 15) is 9.90 Å². The van der Waals surface area contributed by atoms with E-state index in [4.69, 9.17) is 4.42 Å². The molecule has 3 aromatic rings. The molecule has 0 aliphatic heterocycles. The number of nitrogens with one attached hydrogen (secondary N) is 1. The zero-order valence-electron chi connectivity index (χ0n) is 17.8. The summed E-state index contributed by atoms with van der Waals surface area (Å²) in [5.41, 5.74) is 2.49. The van der Waals surface area contributed by atoms with Crippen LogP contribution in [0.2, 0.25) is 0 Å². The maximum Gasteiger partial charge on any atom is 0.231 e. The first kappa shape index (κ1) is 21.9. The summed E-state index contributed by atoms with van der Waals surface area (Å²) in [6.45, 7) is 2.23. The van der Waals surface area contributed by atoms with Crippen LogP contribution in [-0.2, 0) is 4.79 Å². The summed E-state index contributed by atoms with van der Waals surface area (Å²) in [7, 11) is 0. The van der Waals surface area contributed by atoms with Crippen molar-refractivity contribution < 1.29 is 14.3 Å². The van der Waals surface area contributed by atoms with Crippen LogP contribution in [-0.4, -0.2) is 16.0 Å². The van der Waals surface area contributed by atoms with Gasteiger partial charge in [-0.25, -0.2) is 4.98 Å². The van der Waals surface area contributed by atoms with E-state index in [1.807, 2.05) is 24.3 Å². The van der Waals surface area contributed by atoms with Gasteiger partial charge in [0.2, 0.25) is 11.8 Å². The number of aromatic nitrogens is 1. The number of oxazole rings is 1. The molecule has 0 spiro atoms. The lowest BCUT2D eigenvalue weighted by Gasteiger charge is -2.07. The second kappa shape index (κ2) is 11.4. The summed E-state index contributed by atoms with van der Waals surface area (Å²) in [6.07, 6.45) is 11.5. The second-order valence-corrected chi connectivity index (χ2v) is 7.85. The first-order valence-corrected chi connectivity index (χ1v) is 11.2. The van der Waals surface area contributed by atoms with Crippen LogP contribution in [0.1, 0.15) is 71.1 Å². The van der Waals surface area contributed by atoms with Gasteiger partial charge < -0.3 is 14.8 Å². The Morgan fingerprint density at radius 1 is 0.967 bits per heavy atom. The zero-order valence-corrected chi connectivity index (χ0v) is 17.8. The number of hydrogen-bond donors (Lipinski definition) is 2. The van der Waals surface area contributed by atoms with Crippen molar-refractivity contribution in [1.82, 2.24) is 4.98 Å². The minimum Gasteiger partial charge on any atom is -0.507 e. The molecule has 0 aliphatic rings. The van der Waals surface area contributed by atoms with Crippen LogP contribution in [0, 0.1) is 0 Å². The van der Waals surface area contributed by atoms with E-state index >= 15 is 0 Å². The van der Waals surface area contributed by atoms with Crippen LogP contribution >= 0.6 is 0 Å². The molecule has 0 atom stereocenters. The van der Waals surface area contributed by atoms with E-state index < -0.39 is 0 Å². The molecule has 0 unspecified atom stereocenters. The Morgan fingerprint density at radius 2 is 1.67 bits per heavy atom. The number of unbranched alkanes of at least 4 members (excludes halogenated alkanes) is 8. The fourth-order valence-electron chi connectivity index (χ4n) is 3.60. The minimum absolute atomic E-state index is 0.0213. The van der Waals surface area contributed by atoms with E-state index in [0.29, 0.717) is 29.1 Å². The highest BCUT2D eigenvalue weighted by Crippen LogP contribution is 2.33. The number of carbonyl (C=O) groups is 1. The van der Waals surface area contributed by atoms with E-state index in [0.717, 1.165) is 18.4 Å². The number of fused-ring (bicyclic) bond motifs is 1. The number of carbonyl (C=O) groups excluding carboxylic acids is 1. The molecule has 1 amide bonds. The van der Waals surface area contributed by atoms with Gasteiger partial charge >= 0.3 is 0 Å². The molecule has 160 valence electrons. The maximum absolute atomic E-state index is 12.2. The molecule has 3 rings (SSSR count). The normalized spacial score (nSPS) is 11.1. The first-order chi connectivity index (χ1) is 14.7. The third kappa shape index (κ3) is 6.34. The summed E-state index contributed by atoms with van der Waals surface area (Å²) in [6, 6.07) is 12.5. The molecule has 0 bridgehead atoms. The third-order valence-corrected chi connectivity index (χ3v) is 5.31. The van der Waals surface area contributed by atoms with Crippen molar-refractivity contribution in [2.45, 2.75) is 71.1 Å². The zero-order chi connectivity index (χ0) is 21.2. The Bertz CT molecular complexity index is 915. The smallest absolute Gasteiger partial charge is 0.231 e. The van der Waals surface area contributed by atoms with Gasteiger partial charge in [-0.2, -0.15) is 0 Å². The molecule has 1 heterocycles. The largest absolute Gasteiger partial charge is 0.507 e. The first-order valence-electron chi connectivity index (χ1n) is 11.2. The van der Waals surface area contributed by atoms with Gasteiger partial charge in [-0.15, -0.1) is 0 Å². The Kier molecular flexibility index (Phi) is 8.30. The molecule has 1 aromatic heterocycles. The lowest BCUT2D eigenvalue weighted by atomic mass is 10.1. The van der Waals surface area contributed by atoms with Crippen molar-refractivity contribution in [1.29, 1.82) is 0 Å². The van der Waals surface area contributed by atoms with Gasteiger partial charge in [-0.05, 0) is 30.7 Å². The van der Waals surface area contributed by atoms with Crippen molar-refractivity contribution in [3.63, 3.8) is 0 Å². The average Bonchev–Trinajstić information content (AvgIpc) is 3.16. The summed E-state index contributed by atoms with van der Waals surface area (Å²) in [5, 5.41) is 13.2. The van der Waals surface area contributed by atoms with Gasteiger partial charge in [0.15, 0.2) is 5.58 Å². The number of nitrogens with zero attached hydrogens (tertiary/aromatic N) is 1. The van der Waals surface area contributed by atoms with Crippen LogP contribution in [0.3, 0.4) is 0 Å². The molecule has 0 fully saturated rings. The van der Waals surface area contributed by atoms with E-state index in [2.05, 4.69) is 17.2 Å². The molecule has 2 N–H and O–H groups in total. The highest BCUT2D eigenvalue weighted by atomic mass is 16.3. The maximum atomic E-state index is 12.2. The number of phenols is 1. The number of hydrogen-bond acceptors (Lipinski definition) is 4. The van der Waals surface area contributed by atoms with Gasteiger partial charge in [0, 0.05) is 18.2 Å². The molecule has 2 aromatic carbocycles. The fourth-order valence-corrected chi connectivity index (χ4v) is 3.60. The van der Waals surface area contributed by atoms with Gasteiger partial charge in [-0.1, -0.05) is 70.4 Å². The summed E-state index contributed by atoms with van der Waals surface area (Å²) in [5.74, 6) is 0.371. The standard InChI is InChI=1S/C25H32N2O3/c1-2-3-4-5-6-7-8-9-10-15-24(29)26-19-16-17-20(22(28)18-19)25-27-21-13-11-12-14-23(21)30-25/h11-14,16-18,28H,2-10,15H2,1H3,(H,26,29). The SMILES string of the molecule is CCCCCCCCCCCC(=O)Nc1ccc(-c2nc3ccccc3o2)c(O)c1. The number of phenolic OH excluding ortho intramolecular Hbond substituents is 1. The van der Waals surface area contributed by atoms with Crippen molar-refractivity contribution in [2.75, 3.05) is 5.32 Å². The van der Waals surface area contributed by atoms with Crippen molar-refractivity contribution in [3.8, 4) is 17.2 Å². The highest BCUT2D eigenvalue weighted by molar-refractivity contribution is 5.91. The number of benzene rings is 2. The molecule has 0 saturated carbocycles. The molecule has 5 heteroatoms. The predicted octanol–water partition coefficient (Wildman–Crippen LogP) is 7.06. The molecular weight excluding hydrogens is 376 g/mol. The number of amides is 1. The molecular formula is C25H32N2O3. The topological polar surface area (TPSA) is 75.4 Å². The number of rotatable bonds is 12. The van der Waals surface area contributed by atoms with Gasteiger partial charge in [0.1, 0.15) is 11.3 Å². The number of para-hydroxylation sites is 2. The van der Waals surface area contributed by atoms with Crippen LogP contribution < -0.4 is 5.32 Å². The quantitative estimate of drug-likeness (QED) is 0.315. The molecule has 0 aliphatic carbocycles. The Labute approximate surface area is 178 Å². The van der Waals surface area contributed by atoms with Crippen LogP contribution in [0.15, 0.2) is 46.9 Å². The second-order valence-electron chi connectivity index (χ2n) is 7.85. The number of anilines is 1. The van der Waals surface area contributed by atoms with E-state index in [-0.39, 0.29) is 11.7 Å². The molecule has 5 nitrogen and oxygen atoms in total. The third-order valence-electron chi connectivity index (χ3n) is 5.31. The van der Waals surface area contributed by atoms with E-state index in [1.165, 1.54) is 44.9 Å². The van der Waals surface area contributed by atoms with Gasteiger partial charge in [0.25, 0.3) is 0 Å². The minimum atomic E-state index is -0.0213. The summed E-state index contributed by atoms with van der Waals surface area (Å²) >= 11 is 0. The van der Waals surface area contributed by atoms with E-state index in [1.54, 1.807) is 18.2 Å². The molecule has 30 heavy (non-hydrogen) atoms. The predicted molar refractivity (Wildman–Crippen MR) is 122 cm³/mol. The Balaban J connectivity index is 1.42. The fraction of sp³-hybridized carbons (Fsp3) is 0.440. The molecule has 0 saturated heterocycles. The van der Waals surface area contributed by atoms with Crippen LogP contribution in [0.25, 0.3) is 22.6 Å². The highest BCUT2D eigenvalue weighted by Gasteiger charge is 2.13. The lowest BCUT2D eigenvalue weighted by Crippen LogP contribution is -2.10. The van der Waals surface area contributed by atoms with Crippen molar-refractivity contribution in [3.05, 3.63) is 42.5 Å². The molecule has 0 radical (unpaired) electrons.